The molecule has 0 saturated carbocycles. The van der Waals surface area contributed by atoms with Crippen molar-refractivity contribution in [3.63, 3.8) is 0 Å². The van der Waals surface area contributed by atoms with E-state index in [0.29, 0.717) is 34.8 Å². The summed E-state index contributed by atoms with van der Waals surface area (Å²) >= 11 is 12.5. The van der Waals surface area contributed by atoms with Crippen LogP contribution in [0, 0.1) is 11.3 Å². The summed E-state index contributed by atoms with van der Waals surface area (Å²) in [5, 5.41) is 19.1. The second kappa shape index (κ2) is 8.82. The number of anilines is 1. The SMILES string of the molecule is CS(=O)(=O)N1CC[C@H](N(Cc2cc(C(=O)O)ccc2Cl)c2ccc(C#N)c(Cl)c2)C1. The highest BCUT2D eigenvalue weighted by atomic mass is 35.5. The summed E-state index contributed by atoms with van der Waals surface area (Å²) < 4.78 is 25.4. The first-order chi connectivity index (χ1) is 14.1. The molecule has 2 aromatic carbocycles. The van der Waals surface area contributed by atoms with E-state index in [4.69, 9.17) is 28.5 Å². The molecule has 158 valence electrons. The van der Waals surface area contributed by atoms with E-state index in [0.717, 1.165) is 0 Å². The molecule has 10 heteroatoms. The normalized spacial score (nSPS) is 16.9. The number of nitriles is 1. The largest absolute Gasteiger partial charge is 0.478 e. The van der Waals surface area contributed by atoms with Gasteiger partial charge in [-0.15, -0.1) is 0 Å². The van der Waals surface area contributed by atoms with Gasteiger partial charge in [0.1, 0.15) is 6.07 Å². The van der Waals surface area contributed by atoms with E-state index in [-0.39, 0.29) is 29.7 Å². The molecule has 1 atom stereocenters. The van der Waals surface area contributed by atoms with Gasteiger partial charge in [0.05, 0.1) is 22.4 Å². The number of carboxylic acids is 1. The van der Waals surface area contributed by atoms with Gasteiger partial charge in [-0.25, -0.2) is 17.5 Å². The van der Waals surface area contributed by atoms with Gasteiger partial charge < -0.3 is 10.0 Å². The maximum atomic E-state index is 12.0. The highest BCUT2D eigenvalue weighted by Crippen LogP contribution is 2.31. The number of sulfonamides is 1. The number of aromatic carboxylic acids is 1. The molecule has 1 saturated heterocycles. The standard InChI is InChI=1S/C20H19Cl2N3O4S/c1-30(28,29)24-7-6-17(12-24)25(16-4-2-14(10-23)19(22)9-16)11-15-8-13(20(26)27)3-5-18(15)21/h2-5,8-9,17H,6-7,11-12H2,1H3,(H,26,27)/t17-/m0/s1. The van der Waals surface area contributed by atoms with Gasteiger partial charge in [0.2, 0.25) is 10.0 Å². The third kappa shape index (κ3) is 4.87. The molecule has 7 nitrogen and oxygen atoms in total. The number of benzene rings is 2. The third-order valence-electron chi connectivity index (χ3n) is 5.07. The molecule has 1 aliphatic heterocycles. The first-order valence-electron chi connectivity index (χ1n) is 9.03. The third-order valence-corrected chi connectivity index (χ3v) is 7.03. The van der Waals surface area contributed by atoms with Gasteiger partial charge >= 0.3 is 5.97 Å². The predicted octanol–water partition coefficient (Wildman–Crippen LogP) is 3.60. The van der Waals surface area contributed by atoms with Crippen LogP contribution < -0.4 is 4.90 Å². The van der Waals surface area contributed by atoms with Crippen molar-refractivity contribution in [1.82, 2.24) is 4.31 Å². The summed E-state index contributed by atoms with van der Waals surface area (Å²) in [5.41, 5.74) is 1.72. The van der Waals surface area contributed by atoms with Gasteiger partial charge in [-0.3, -0.25) is 0 Å². The molecule has 1 fully saturated rings. The van der Waals surface area contributed by atoms with Crippen molar-refractivity contribution in [3.8, 4) is 6.07 Å². The Bertz CT molecular complexity index is 1130. The van der Waals surface area contributed by atoms with Crippen molar-refractivity contribution < 1.29 is 18.3 Å². The minimum absolute atomic E-state index is 0.108. The lowest BCUT2D eigenvalue weighted by Gasteiger charge is -2.32. The Kier molecular flexibility index (Phi) is 6.58. The molecule has 0 bridgehead atoms. The van der Waals surface area contributed by atoms with Crippen LogP contribution in [0.1, 0.15) is 27.9 Å². The summed E-state index contributed by atoms with van der Waals surface area (Å²) in [6.45, 7) is 0.921. The van der Waals surface area contributed by atoms with Gasteiger partial charge in [-0.2, -0.15) is 5.26 Å². The van der Waals surface area contributed by atoms with Gasteiger partial charge in [0.15, 0.2) is 0 Å². The van der Waals surface area contributed by atoms with Crippen LogP contribution in [0.2, 0.25) is 10.0 Å². The predicted molar refractivity (Wildman–Crippen MR) is 116 cm³/mol. The maximum Gasteiger partial charge on any atom is 0.335 e. The molecule has 1 aliphatic rings. The Morgan fingerprint density at radius 1 is 1.27 bits per heavy atom. The van der Waals surface area contributed by atoms with E-state index in [1.54, 1.807) is 18.2 Å². The highest BCUT2D eigenvalue weighted by molar-refractivity contribution is 7.88. The Balaban J connectivity index is 2.01. The maximum absolute atomic E-state index is 12.0. The monoisotopic (exact) mass is 467 g/mol. The molecule has 1 heterocycles. The fourth-order valence-electron chi connectivity index (χ4n) is 3.48. The minimum Gasteiger partial charge on any atom is -0.478 e. The average molecular weight is 468 g/mol. The number of hydrogen-bond donors (Lipinski definition) is 1. The number of carboxylic acid groups (broad SMARTS) is 1. The topological polar surface area (TPSA) is 102 Å². The zero-order valence-corrected chi connectivity index (χ0v) is 18.4. The summed E-state index contributed by atoms with van der Waals surface area (Å²) in [4.78, 5) is 13.3. The Morgan fingerprint density at radius 2 is 2.00 bits per heavy atom. The van der Waals surface area contributed by atoms with Crippen molar-refractivity contribution in [3.05, 3.63) is 63.1 Å². The van der Waals surface area contributed by atoms with Crippen molar-refractivity contribution in [2.24, 2.45) is 0 Å². The highest BCUT2D eigenvalue weighted by Gasteiger charge is 2.33. The van der Waals surface area contributed by atoms with Crippen molar-refractivity contribution in [2.45, 2.75) is 19.0 Å². The summed E-state index contributed by atoms with van der Waals surface area (Å²) in [7, 11) is -3.34. The Morgan fingerprint density at radius 3 is 2.57 bits per heavy atom. The van der Waals surface area contributed by atoms with E-state index in [1.165, 1.54) is 28.8 Å². The lowest BCUT2D eigenvalue weighted by Crippen LogP contribution is -2.38. The smallest absolute Gasteiger partial charge is 0.335 e. The van der Waals surface area contributed by atoms with E-state index >= 15 is 0 Å². The van der Waals surface area contributed by atoms with Crippen LogP contribution in [0.25, 0.3) is 0 Å². The molecule has 2 aromatic rings. The number of hydrogen-bond acceptors (Lipinski definition) is 5. The quantitative estimate of drug-likeness (QED) is 0.695. The van der Waals surface area contributed by atoms with E-state index in [2.05, 4.69) is 0 Å². The molecule has 0 spiro atoms. The van der Waals surface area contributed by atoms with E-state index < -0.39 is 16.0 Å². The number of carbonyl (C=O) groups is 1. The van der Waals surface area contributed by atoms with Crippen LogP contribution >= 0.6 is 23.2 Å². The number of halogens is 2. The van der Waals surface area contributed by atoms with Crippen LogP contribution in [0.3, 0.4) is 0 Å². The zero-order valence-electron chi connectivity index (χ0n) is 16.0. The van der Waals surface area contributed by atoms with Crippen molar-refractivity contribution in [2.75, 3.05) is 24.2 Å². The van der Waals surface area contributed by atoms with Crippen LogP contribution in [0.15, 0.2) is 36.4 Å². The zero-order chi connectivity index (χ0) is 22.1. The number of rotatable bonds is 6. The van der Waals surface area contributed by atoms with Crippen molar-refractivity contribution in [1.29, 1.82) is 5.26 Å². The Hall–Kier alpha value is -2.31. The Labute approximate surface area is 185 Å². The lowest BCUT2D eigenvalue weighted by atomic mass is 10.1. The molecule has 0 amide bonds. The number of nitrogens with zero attached hydrogens (tertiary/aromatic N) is 3. The first kappa shape index (κ1) is 22.4. The average Bonchev–Trinajstić information content (AvgIpc) is 3.17. The minimum atomic E-state index is -3.34. The van der Waals surface area contributed by atoms with Crippen LogP contribution in [0.5, 0.6) is 0 Å². The molecule has 30 heavy (non-hydrogen) atoms. The fourth-order valence-corrected chi connectivity index (χ4v) is 4.76. The summed E-state index contributed by atoms with van der Waals surface area (Å²) in [6, 6.07) is 11.3. The van der Waals surface area contributed by atoms with Gasteiger partial charge in [-0.1, -0.05) is 23.2 Å². The molecule has 0 unspecified atom stereocenters. The first-order valence-corrected chi connectivity index (χ1v) is 11.6. The second-order valence-electron chi connectivity index (χ2n) is 7.08. The molecule has 0 aliphatic carbocycles. The fraction of sp³-hybridized carbons (Fsp3) is 0.300. The molecule has 0 radical (unpaired) electrons. The second-order valence-corrected chi connectivity index (χ2v) is 9.88. The van der Waals surface area contributed by atoms with E-state index in [9.17, 15) is 18.3 Å². The molecule has 3 rings (SSSR count). The van der Waals surface area contributed by atoms with Crippen LogP contribution in [-0.4, -0.2) is 49.2 Å². The summed E-state index contributed by atoms with van der Waals surface area (Å²) in [5.74, 6) is -1.06. The molecule has 0 aromatic heterocycles. The van der Waals surface area contributed by atoms with Gasteiger partial charge in [-0.05, 0) is 48.4 Å². The molecular weight excluding hydrogens is 449 g/mol. The lowest BCUT2D eigenvalue weighted by molar-refractivity contribution is 0.0696. The van der Waals surface area contributed by atoms with Crippen molar-refractivity contribution >= 4 is 44.9 Å². The van der Waals surface area contributed by atoms with Crippen LogP contribution in [-0.2, 0) is 16.6 Å². The van der Waals surface area contributed by atoms with Crippen LogP contribution in [0.4, 0.5) is 5.69 Å². The van der Waals surface area contributed by atoms with Gasteiger partial charge in [0.25, 0.3) is 0 Å². The molecule has 1 N–H and O–H groups in total. The summed E-state index contributed by atoms with van der Waals surface area (Å²) in [6.07, 6.45) is 1.76. The van der Waals surface area contributed by atoms with Gasteiger partial charge in [0, 0.05) is 36.4 Å². The molecular formula is C20H19Cl2N3O4S. The van der Waals surface area contributed by atoms with E-state index in [1.807, 2.05) is 11.0 Å².